The Morgan fingerprint density at radius 1 is 1.10 bits per heavy atom. The lowest BCUT2D eigenvalue weighted by Gasteiger charge is -2.24. The second kappa shape index (κ2) is 9.95. The molecule has 162 valence electrons. The minimum absolute atomic E-state index is 0.113. The first-order chi connectivity index (χ1) is 15.2. The van der Waals surface area contributed by atoms with Crippen LogP contribution in [0.4, 0.5) is 0 Å². The van der Waals surface area contributed by atoms with Crippen LogP contribution in [0, 0.1) is 5.92 Å². The number of esters is 1. The maximum absolute atomic E-state index is 12.7. The minimum Gasteiger partial charge on any atom is -0.487 e. The molecule has 0 bridgehead atoms. The van der Waals surface area contributed by atoms with E-state index < -0.39 is 0 Å². The molecule has 1 unspecified atom stereocenters. The summed E-state index contributed by atoms with van der Waals surface area (Å²) in [6.07, 6.45) is 6.51. The van der Waals surface area contributed by atoms with Gasteiger partial charge < -0.3 is 9.47 Å². The molecule has 2 aromatic carbocycles. The quantitative estimate of drug-likeness (QED) is 0.409. The van der Waals surface area contributed by atoms with Crippen LogP contribution in [-0.4, -0.2) is 18.1 Å². The first-order valence-electron chi connectivity index (χ1n) is 11.4. The number of rotatable bonds is 8. The van der Waals surface area contributed by atoms with Crippen LogP contribution in [0.15, 0.2) is 54.6 Å². The van der Waals surface area contributed by atoms with Crippen LogP contribution in [0.1, 0.15) is 61.8 Å². The first kappa shape index (κ1) is 21.4. The summed E-state index contributed by atoms with van der Waals surface area (Å²) in [6.45, 7) is 2.58. The molecule has 0 radical (unpaired) electrons. The number of aromatic nitrogens is 1. The summed E-state index contributed by atoms with van der Waals surface area (Å²) >= 11 is 0. The number of ether oxygens (including phenoxy) is 2. The van der Waals surface area contributed by atoms with Gasteiger partial charge in [0.1, 0.15) is 12.4 Å². The first-order valence-corrected chi connectivity index (χ1v) is 11.4. The van der Waals surface area contributed by atoms with Crippen molar-refractivity contribution in [2.45, 2.75) is 58.0 Å². The molecule has 1 fully saturated rings. The fourth-order valence-electron chi connectivity index (χ4n) is 4.80. The highest BCUT2D eigenvalue weighted by Gasteiger charge is 2.34. The molecule has 0 amide bonds. The van der Waals surface area contributed by atoms with E-state index in [4.69, 9.17) is 14.5 Å². The molecule has 31 heavy (non-hydrogen) atoms. The summed E-state index contributed by atoms with van der Waals surface area (Å²) in [5.41, 5.74) is 4.17. The Bertz CT molecular complexity index is 1040. The van der Waals surface area contributed by atoms with E-state index in [-0.39, 0.29) is 11.9 Å². The molecule has 0 N–H and O–H groups in total. The second-order valence-electron chi connectivity index (χ2n) is 8.44. The number of para-hydroxylation sites is 1. The summed E-state index contributed by atoms with van der Waals surface area (Å²) in [6, 6.07) is 18.3. The van der Waals surface area contributed by atoms with Crippen molar-refractivity contribution < 1.29 is 14.3 Å². The molecule has 1 aliphatic carbocycles. The largest absolute Gasteiger partial charge is 0.487 e. The highest BCUT2D eigenvalue weighted by Crippen LogP contribution is 2.40. The summed E-state index contributed by atoms with van der Waals surface area (Å²) in [5.74, 6) is 0.900. The van der Waals surface area contributed by atoms with Crippen LogP contribution in [0.3, 0.4) is 0 Å². The maximum Gasteiger partial charge on any atom is 0.313 e. The van der Waals surface area contributed by atoms with Gasteiger partial charge in [-0.15, -0.1) is 0 Å². The van der Waals surface area contributed by atoms with Crippen LogP contribution in [0.2, 0.25) is 0 Å². The van der Waals surface area contributed by atoms with Crippen molar-refractivity contribution in [2.75, 3.05) is 7.11 Å². The van der Waals surface area contributed by atoms with Gasteiger partial charge in [-0.2, -0.15) is 0 Å². The number of carbonyl (C=O) groups is 1. The Morgan fingerprint density at radius 2 is 1.90 bits per heavy atom. The zero-order chi connectivity index (χ0) is 21.6. The molecule has 1 heterocycles. The van der Waals surface area contributed by atoms with E-state index in [2.05, 4.69) is 31.2 Å². The molecule has 0 saturated heterocycles. The molecule has 0 aliphatic heterocycles. The summed E-state index contributed by atoms with van der Waals surface area (Å²) in [7, 11) is 1.50. The third-order valence-electron chi connectivity index (χ3n) is 6.34. The van der Waals surface area contributed by atoms with Crippen LogP contribution in [0.5, 0.6) is 5.75 Å². The fraction of sp³-hybridized carbons (Fsp3) is 0.407. The fourth-order valence-corrected chi connectivity index (χ4v) is 4.80. The molecule has 0 spiro atoms. The molecule has 4 nitrogen and oxygen atoms in total. The van der Waals surface area contributed by atoms with Crippen molar-refractivity contribution in [1.29, 1.82) is 0 Å². The molecule has 1 saturated carbocycles. The average Bonchev–Trinajstić information content (AvgIpc) is 3.33. The van der Waals surface area contributed by atoms with E-state index in [0.29, 0.717) is 12.5 Å². The smallest absolute Gasteiger partial charge is 0.313 e. The molecule has 3 aromatic rings. The number of fused-ring (bicyclic) bond motifs is 1. The molecule has 1 aliphatic rings. The normalized spacial score (nSPS) is 15.2. The monoisotopic (exact) mass is 417 g/mol. The van der Waals surface area contributed by atoms with E-state index in [0.717, 1.165) is 53.6 Å². The van der Waals surface area contributed by atoms with Crippen LogP contribution < -0.4 is 4.74 Å². The molecule has 1 aromatic heterocycles. The number of pyridine rings is 1. The van der Waals surface area contributed by atoms with Gasteiger partial charge in [0, 0.05) is 5.39 Å². The molecular formula is C27H31NO3. The number of hydrogen-bond acceptors (Lipinski definition) is 4. The van der Waals surface area contributed by atoms with Crippen molar-refractivity contribution in [3.05, 3.63) is 71.4 Å². The lowest BCUT2D eigenvalue weighted by Crippen LogP contribution is -2.23. The lowest BCUT2D eigenvalue weighted by molar-refractivity contribution is -0.143. The van der Waals surface area contributed by atoms with E-state index in [1.54, 1.807) is 0 Å². The zero-order valence-electron chi connectivity index (χ0n) is 18.5. The van der Waals surface area contributed by atoms with Gasteiger partial charge in [0.05, 0.1) is 24.2 Å². The highest BCUT2D eigenvalue weighted by molar-refractivity contribution is 5.79. The standard InChI is InChI=1S/C27H31NO3/c1-3-8-21-17-23(31-18-22-14-13-19-9-6-7-12-25(19)28-22)15-16-24(21)26(27(29)30-2)20-10-4-5-11-20/h6-7,9,12-17,20,26H,3-5,8,10-11,18H2,1-2H3. The number of hydrogen-bond donors (Lipinski definition) is 0. The van der Waals surface area contributed by atoms with Gasteiger partial charge in [-0.05, 0) is 60.6 Å². The third kappa shape index (κ3) is 4.90. The molecule has 1 atom stereocenters. The second-order valence-corrected chi connectivity index (χ2v) is 8.44. The van der Waals surface area contributed by atoms with E-state index in [1.807, 2.05) is 30.3 Å². The van der Waals surface area contributed by atoms with Crippen molar-refractivity contribution in [3.63, 3.8) is 0 Å². The number of carbonyl (C=O) groups excluding carboxylic acids is 1. The van der Waals surface area contributed by atoms with Crippen molar-refractivity contribution in [2.24, 2.45) is 5.92 Å². The van der Waals surface area contributed by atoms with Gasteiger partial charge in [-0.3, -0.25) is 4.79 Å². The number of benzene rings is 2. The van der Waals surface area contributed by atoms with Crippen LogP contribution in [0.25, 0.3) is 10.9 Å². The van der Waals surface area contributed by atoms with E-state index >= 15 is 0 Å². The van der Waals surface area contributed by atoms with Gasteiger partial charge in [0.15, 0.2) is 0 Å². The minimum atomic E-state index is -0.176. The number of aryl methyl sites for hydroxylation is 1. The molecule has 4 heteroatoms. The predicted molar refractivity (Wildman–Crippen MR) is 123 cm³/mol. The lowest BCUT2D eigenvalue weighted by atomic mass is 9.81. The van der Waals surface area contributed by atoms with E-state index in [1.165, 1.54) is 25.5 Å². The molecular weight excluding hydrogens is 386 g/mol. The Hall–Kier alpha value is -2.88. The topological polar surface area (TPSA) is 48.4 Å². The molecule has 4 rings (SSSR count). The van der Waals surface area contributed by atoms with Gasteiger partial charge in [-0.25, -0.2) is 4.98 Å². The number of methoxy groups -OCH3 is 1. The number of nitrogens with zero attached hydrogens (tertiary/aromatic N) is 1. The zero-order valence-corrected chi connectivity index (χ0v) is 18.5. The van der Waals surface area contributed by atoms with Gasteiger partial charge in [-0.1, -0.05) is 56.5 Å². The van der Waals surface area contributed by atoms with Crippen LogP contribution >= 0.6 is 0 Å². The highest BCUT2D eigenvalue weighted by atomic mass is 16.5. The van der Waals surface area contributed by atoms with Crippen molar-refractivity contribution >= 4 is 16.9 Å². The summed E-state index contributed by atoms with van der Waals surface area (Å²) in [4.78, 5) is 17.4. The summed E-state index contributed by atoms with van der Waals surface area (Å²) in [5, 5.41) is 1.13. The van der Waals surface area contributed by atoms with Gasteiger partial charge in [0.2, 0.25) is 0 Å². The Balaban J connectivity index is 1.56. The summed E-state index contributed by atoms with van der Waals surface area (Å²) < 4.78 is 11.3. The van der Waals surface area contributed by atoms with Crippen molar-refractivity contribution in [3.8, 4) is 5.75 Å². The van der Waals surface area contributed by atoms with E-state index in [9.17, 15) is 4.79 Å². The Labute approximate surface area is 184 Å². The third-order valence-corrected chi connectivity index (χ3v) is 6.34. The Morgan fingerprint density at radius 3 is 2.68 bits per heavy atom. The Kier molecular flexibility index (Phi) is 6.86. The maximum atomic E-state index is 12.7. The van der Waals surface area contributed by atoms with Crippen molar-refractivity contribution in [1.82, 2.24) is 4.98 Å². The SMILES string of the molecule is CCCc1cc(OCc2ccc3ccccc3n2)ccc1C(C(=O)OC)C1CCCC1. The van der Waals surface area contributed by atoms with Gasteiger partial charge in [0.25, 0.3) is 0 Å². The van der Waals surface area contributed by atoms with Crippen LogP contribution in [-0.2, 0) is 22.6 Å². The predicted octanol–water partition coefficient (Wildman–Crippen LogP) is 6.21. The average molecular weight is 418 g/mol. The van der Waals surface area contributed by atoms with Gasteiger partial charge >= 0.3 is 5.97 Å².